The topological polar surface area (TPSA) is 67.3 Å². The molecule has 3 N–H and O–H groups in total. The number of nitrogens with zero attached hydrogens (tertiary/aromatic N) is 1. The van der Waals surface area contributed by atoms with Crippen LogP contribution in [0.25, 0.3) is 0 Å². The summed E-state index contributed by atoms with van der Waals surface area (Å²) in [5, 5.41) is 7.13. The highest BCUT2D eigenvalue weighted by Gasteiger charge is 2.26. The van der Waals surface area contributed by atoms with Gasteiger partial charge >= 0.3 is 0 Å². The summed E-state index contributed by atoms with van der Waals surface area (Å²) in [5.74, 6) is 1.46. The normalized spacial score (nSPS) is 16.5. The molecule has 0 aromatic heterocycles. The molecule has 0 bridgehead atoms. The summed E-state index contributed by atoms with van der Waals surface area (Å²) in [6.07, 6.45) is 2.71. The van der Waals surface area contributed by atoms with Gasteiger partial charge in [-0.2, -0.15) is 0 Å². The first-order chi connectivity index (χ1) is 13.0. The molecular weight excluding hydrogens is 364 g/mol. The smallest absolute Gasteiger partial charge is 0.231 e. The van der Waals surface area contributed by atoms with E-state index in [1.54, 1.807) is 0 Å². The summed E-state index contributed by atoms with van der Waals surface area (Å²) in [6.45, 7) is 3.87. The molecule has 2 aliphatic heterocycles. The maximum atomic E-state index is 12.6. The molecule has 8 heteroatoms. The number of rotatable bonds is 6. The number of fused-ring (bicyclic) bond motifs is 1. The van der Waals surface area contributed by atoms with Crippen molar-refractivity contribution >= 4 is 28.9 Å². The average Bonchev–Trinajstić information content (AvgIpc) is 3.13. The van der Waals surface area contributed by atoms with Gasteiger partial charge in [-0.05, 0) is 37.2 Å². The Morgan fingerprint density at radius 2 is 2.00 bits per heavy atom. The Balaban J connectivity index is 1.40. The lowest BCUT2D eigenvalue weighted by molar-refractivity contribution is -0.858. The second kappa shape index (κ2) is 9.23. The molecule has 2 aliphatic rings. The first-order valence-electron chi connectivity index (χ1n) is 9.55. The molecule has 7 nitrogen and oxygen atoms in total. The highest BCUT2D eigenvalue weighted by molar-refractivity contribution is 7.80. The van der Waals surface area contributed by atoms with Gasteiger partial charge in [-0.25, -0.2) is 0 Å². The highest BCUT2D eigenvalue weighted by atomic mass is 32.1. The molecule has 0 radical (unpaired) electrons. The Kier molecular flexibility index (Phi) is 6.73. The van der Waals surface area contributed by atoms with E-state index < -0.39 is 0 Å². The third-order valence-corrected chi connectivity index (χ3v) is 5.33. The fraction of sp³-hybridized carbons (Fsp3) is 0.579. The van der Waals surface area contributed by atoms with Gasteiger partial charge in [0, 0.05) is 43.7 Å². The van der Waals surface area contributed by atoms with E-state index >= 15 is 0 Å². The number of hydrogen-bond donors (Lipinski definition) is 3. The van der Waals surface area contributed by atoms with Crippen LogP contribution in [-0.2, 0) is 4.79 Å². The van der Waals surface area contributed by atoms with Crippen molar-refractivity contribution < 1.29 is 19.2 Å². The minimum Gasteiger partial charge on any atom is -0.454 e. The van der Waals surface area contributed by atoms with Gasteiger partial charge in [0.2, 0.25) is 12.7 Å². The van der Waals surface area contributed by atoms with Crippen LogP contribution in [0, 0.1) is 5.92 Å². The van der Waals surface area contributed by atoms with Crippen molar-refractivity contribution in [3.63, 3.8) is 0 Å². The van der Waals surface area contributed by atoms with Crippen LogP contribution in [0.2, 0.25) is 0 Å². The predicted molar refractivity (Wildman–Crippen MR) is 108 cm³/mol. The molecule has 0 atom stereocenters. The summed E-state index contributed by atoms with van der Waals surface area (Å²) < 4.78 is 10.7. The SMILES string of the molecule is C[NH+](C)CCCNC(=S)N1CCC(C(=O)Nc2ccc3c(c2)OCO3)CC1. The van der Waals surface area contributed by atoms with Crippen LogP contribution in [0.5, 0.6) is 11.5 Å². The van der Waals surface area contributed by atoms with Gasteiger partial charge < -0.3 is 29.9 Å². The molecule has 0 saturated carbocycles. The summed E-state index contributed by atoms with van der Waals surface area (Å²) in [5.41, 5.74) is 0.742. The average molecular weight is 394 g/mol. The number of anilines is 1. The highest BCUT2D eigenvalue weighted by Crippen LogP contribution is 2.34. The maximum Gasteiger partial charge on any atom is 0.231 e. The Bertz CT molecular complexity index is 675. The Labute approximate surface area is 166 Å². The van der Waals surface area contributed by atoms with Gasteiger partial charge in [0.25, 0.3) is 0 Å². The van der Waals surface area contributed by atoms with Crippen molar-refractivity contribution in [1.82, 2.24) is 10.2 Å². The van der Waals surface area contributed by atoms with Crippen LogP contribution < -0.4 is 25.0 Å². The van der Waals surface area contributed by atoms with Crippen LogP contribution in [0.3, 0.4) is 0 Å². The number of ether oxygens (including phenoxy) is 2. The number of thiocarbonyl (C=S) groups is 1. The van der Waals surface area contributed by atoms with E-state index in [9.17, 15) is 4.79 Å². The van der Waals surface area contributed by atoms with Gasteiger partial charge in [0.1, 0.15) is 0 Å². The van der Waals surface area contributed by atoms with Crippen molar-refractivity contribution in [3.8, 4) is 11.5 Å². The molecule has 2 heterocycles. The lowest BCUT2D eigenvalue weighted by atomic mass is 9.96. The molecule has 1 fully saturated rings. The zero-order valence-corrected chi connectivity index (χ0v) is 16.9. The largest absolute Gasteiger partial charge is 0.454 e. The van der Waals surface area contributed by atoms with E-state index in [0.29, 0.717) is 11.5 Å². The van der Waals surface area contributed by atoms with Gasteiger partial charge in [0.15, 0.2) is 16.6 Å². The Hall–Kier alpha value is -2.06. The summed E-state index contributed by atoms with van der Waals surface area (Å²) in [6, 6.07) is 5.47. The zero-order valence-electron chi connectivity index (χ0n) is 16.0. The number of carbonyl (C=O) groups is 1. The van der Waals surface area contributed by atoms with Crippen molar-refractivity contribution in [1.29, 1.82) is 0 Å². The monoisotopic (exact) mass is 393 g/mol. The fourth-order valence-electron chi connectivity index (χ4n) is 3.31. The van der Waals surface area contributed by atoms with Crippen LogP contribution in [0.15, 0.2) is 18.2 Å². The Morgan fingerprint density at radius 1 is 1.26 bits per heavy atom. The van der Waals surface area contributed by atoms with Crippen LogP contribution in [-0.4, -0.2) is 63.0 Å². The van der Waals surface area contributed by atoms with Gasteiger partial charge in [-0.15, -0.1) is 0 Å². The van der Waals surface area contributed by atoms with Crippen LogP contribution >= 0.6 is 12.2 Å². The molecule has 0 aliphatic carbocycles. The number of quaternary nitrogens is 1. The van der Waals surface area contributed by atoms with Crippen LogP contribution in [0.4, 0.5) is 5.69 Å². The minimum absolute atomic E-state index is 0.00631. The molecule has 148 valence electrons. The van der Waals surface area contributed by atoms with Crippen molar-refractivity contribution in [3.05, 3.63) is 18.2 Å². The summed E-state index contributed by atoms with van der Waals surface area (Å²) >= 11 is 5.49. The third-order valence-electron chi connectivity index (χ3n) is 4.92. The van der Waals surface area contributed by atoms with E-state index in [0.717, 1.165) is 56.2 Å². The predicted octanol–water partition coefficient (Wildman–Crippen LogP) is 0.475. The summed E-state index contributed by atoms with van der Waals surface area (Å²) in [4.78, 5) is 16.2. The minimum atomic E-state index is 0.00631. The summed E-state index contributed by atoms with van der Waals surface area (Å²) in [7, 11) is 4.30. The molecule has 3 rings (SSSR count). The number of amides is 1. The first-order valence-corrected chi connectivity index (χ1v) is 9.96. The van der Waals surface area contributed by atoms with E-state index in [2.05, 4.69) is 29.6 Å². The standard InChI is InChI=1S/C19H28N4O3S/c1-22(2)9-3-8-20-19(27)23-10-6-14(7-11-23)18(24)21-15-4-5-16-17(12-15)26-13-25-16/h4-5,12,14H,3,6-11,13H2,1-2H3,(H,20,27)(H,21,24)/p+1. The number of piperidine rings is 1. The maximum absolute atomic E-state index is 12.6. The van der Waals surface area contributed by atoms with Crippen molar-refractivity contribution in [2.45, 2.75) is 19.3 Å². The lowest BCUT2D eigenvalue weighted by Gasteiger charge is -2.33. The van der Waals surface area contributed by atoms with Crippen molar-refractivity contribution in [2.24, 2.45) is 5.92 Å². The lowest BCUT2D eigenvalue weighted by Crippen LogP contribution is -3.05. The molecule has 1 aromatic rings. The second-order valence-corrected chi connectivity index (χ2v) is 7.75. The molecule has 0 spiro atoms. The molecule has 1 saturated heterocycles. The second-order valence-electron chi connectivity index (χ2n) is 7.36. The third kappa shape index (κ3) is 5.46. The molecule has 0 unspecified atom stereocenters. The van der Waals surface area contributed by atoms with Gasteiger partial charge in [-0.1, -0.05) is 0 Å². The molecule has 1 amide bonds. The molecular formula is C19H29N4O3S+. The number of carbonyl (C=O) groups excluding carboxylic acids is 1. The van der Waals surface area contributed by atoms with Gasteiger partial charge in [0.05, 0.1) is 20.6 Å². The van der Waals surface area contributed by atoms with Crippen LogP contribution in [0.1, 0.15) is 19.3 Å². The van der Waals surface area contributed by atoms with E-state index in [-0.39, 0.29) is 18.6 Å². The number of nitrogens with one attached hydrogen (secondary N) is 3. The van der Waals surface area contributed by atoms with E-state index in [4.69, 9.17) is 21.7 Å². The zero-order chi connectivity index (χ0) is 19.2. The fourth-order valence-corrected chi connectivity index (χ4v) is 3.60. The van der Waals surface area contributed by atoms with Gasteiger partial charge in [-0.3, -0.25) is 4.79 Å². The van der Waals surface area contributed by atoms with E-state index in [1.165, 1.54) is 4.90 Å². The first kappa shape index (κ1) is 19.7. The Morgan fingerprint density at radius 3 is 2.74 bits per heavy atom. The van der Waals surface area contributed by atoms with E-state index in [1.807, 2.05) is 18.2 Å². The number of likely N-dealkylation sites (tertiary alicyclic amines) is 1. The quantitative estimate of drug-likeness (QED) is 0.483. The molecule has 27 heavy (non-hydrogen) atoms. The number of benzene rings is 1. The molecule has 1 aromatic carbocycles. The van der Waals surface area contributed by atoms with Crippen molar-refractivity contribution in [2.75, 3.05) is 52.4 Å². The number of hydrogen-bond acceptors (Lipinski definition) is 4.